The van der Waals surface area contributed by atoms with E-state index in [0.29, 0.717) is 24.9 Å². The monoisotopic (exact) mass is 336 g/mol. The molecular formula is C18H28N2O2S. The Labute approximate surface area is 140 Å². The lowest BCUT2D eigenvalue weighted by atomic mass is 9.95. The summed E-state index contributed by atoms with van der Waals surface area (Å²) < 4.78 is 24.9. The molecule has 0 bridgehead atoms. The molecule has 23 heavy (non-hydrogen) atoms. The van der Waals surface area contributed by atoms with E-state index in [1.165, 1.54) is 29.4 Å². The van der Waals surface area contributed by atoms with Crippen LogP contribution in [0.4, 0.5) is 0 Å². The number of nitrogens with zero attached hydrogens (tertiary/aromatic N) is 2. The highest BCUT2D eigenvalue weighted by Gasteiger charge is 2.32. The Morgan fingerprint density at radius 1 is 1.04 bits per heavy atom. The SMILES string of the molecule is Cc1cc(C)cc([C@@H]2CCN(C[C@H]3CCN(S(C)(=O)=O)C3)C2)c1. The second-order valence-corrected chi connectivity index (χ2v) is 9.42. The standard InChI is InChI=1S/C18H28N2O2S/c1-14-8-15(2)10-18(9-14)17-5-6-19(13-17)11-16-4-7-20(12-16)23(3,21)22/h8-10,16-17H,4-7,11-13H2,1-3H3/t16-,17-/m1/s1. The van der Waals surface area contributed by atoms with E-state index in [-0.39, 0.29) is 0 Å². The zero-order chi connectivity index (χ0) is 16.6. The quantitative estimate of drug-likeness (QED) is 0.847. The molecule has 1 aromatic carbocycles. The normalized spacial score (nSPS) is 26.9. The zero-order valence-corrected chi connectivity index (χ0v) is 15.3. The minimum Gasteiger partial charge on any atom is -0.302 e. The lowest BCUT2D eigenvalue weighted by Crippen LogP contribution is -2.31. The van der Waals surface area contributed by atoms with E-state index in [2.05, 4.69) is 36.9 Å². The number of sulfonamides is 1. The van der Waals surface area contributed by atoms with Crippen LogP contribution in [-0.4, -0.2) is 56.6 Å². The summed E-state index contributed by atoms with van der Waals surface area (Å²) in [4.78, 5) is 2.53. The Kier molecular flexibility index (Phi) is 4.81. The van der Waals surface area contributed by atoms with Crippen molar-refractivity contribution in [3.05, 3.63) is 34.9 Å². The van der Waals surface area contributed by atoms with Crippen LogP contribution >= 0.6 is 0 Å². The van der Waals surface area contributed by atoms with Crippen molar-refractivity contribution in [1.29, 1.82) is 0 Å². The maximum Gasteiger partial charge on any atom is 0.211 e. The van der Waals surface area contributed by atoms with Gasteiger partial charge in [-0.2, -0.15) is 0 Å². The molecule has 0 unspecified atom stereocenters. The van der Waals surface area contributed by atoms with Gasteiger partial charge >= 0.3 is 0 Å². The van der Waals surface area contributed by atoms with Gasteiger partial charge in [-0.1, -0.05) is 29.3 Å². The van der Waals surface area contributed by atoms with Crippen LogP contribution in [0.25, 0.3) is 0 Å². The van der Waals surface area contributed by atoms with Crippen molar-refractivity contribution in [2.45, 2.75) is 32.6 Å². The summed E-state index contributed by atoms with van der Waals surface area (Å²) >= 11 is 0. The summed E-state index contributed by atoms with van der Waals surface area (Å²) in [6.07, 6.45) is 3.53. The highest BCUT2D eigenvalue weighted by molar-refractivity contribution is 7.88. The third kappa shape index (κ3) is 4.14. The van der Waals surface area contributed by atoms with Crippen LogP contribution in [0.1, 0.15) is 35.4 Å². The Morgan fingerprint density at radius 2 is 1.74 bits per heavy atom. The van der Waals surface area contributed by atoms with E-state index >= 15 is 0 Å². The molecule has 128 valence electrons. The third-order valence-corrected chi connectivity index (χ3v) is 6.49. The lowest BCUT2D eigenvalue weighted by molar-refractivity contribution is 0.279. The van der Waals surface area contributed by atoms with Gasteiger partial charge in [0.05, 0.1) is 6.26 Å². The first-order chi connectivity index (χ1) is 10.8. The van der Waals surface area contributed by atoms with Gasteiger partial charge in [-0.05, 0) is 50.6 Å². The van der Waals surface area contributed by atoms with E-state index in [0.717, 1.165) is 26.1 Å². The first kappa shape index (κ1) is 16.9. The molecule has 5 heteroatoms. The molecule has 0 saturated carbocycles. The van der Waals surface area contributed by atoms with E-state index in [1.54, 1.807) is 4.31 Å². The lowest BCUT2D eigenvalue weighted by Gasteiger charge is -2.21. The molecular weight excluding hydrogens is 308 g/mol. The van der Waals surface area contributed by atoms with Crippen LogP contribution in [0.3, 0.4) is 0 Å². The number of aryl methyl sites for hydroxylation is 2. The molecule has 0 radical (unpaired) electrons. The smallest absolute Gasteiger partial charge is 0.211 e. The first-order valence-corrected chi connectivity index (χ1v) is 10.4. The van der Waals surface area contributed by atoms with Gasteiger partial charge in [0.15, 0.2) is 0 Å². The predicted molar refractivity (Wildman–Crippen MR) is 94.2 cm³/mol. The summed E-state index contributed by atoms with van der Waals surface area (Å²) in [6.45, 7) is 9.00. The summed E-state index contributed by atoms with van der Waals surface area (Å²) in [6, 6.07) is 6.87. The van der Waals surface area contributed by atoms with Crippen molar-refractivity contribution in [2.24, 2.45) is 5.92 Å². The highest BCUT2D eigenvalue weighted by atomic mass is 32.2. The number of likely N-dealkylation sites (tertiary alicyclic amines) is 1. The number of benzene rings is 1. The van der Waals surface area contributed by atoms with Crippen molar-refractivity contribution >= 4 is 10.0 Å². The van der Waals surface area contributed by atoms with Crippen LogP contribution in [0.5, 0.6) is 0 Å². The Hall–Kier alpha value is -0.910. The molecule has 0 N–H and O–H groups in total. The van der Waals surface area contributed by atoms with Gasteiger partial charge in [0, 0.05) is 26.2 Å². The van der Waals surface area contributed by atoms with Gasteiger partial charge in [-0.25, -0.2) is 12.7 Å². The molecule has 2 atom stereocenters. The fourth-order valence-corrected chi connectivity index (χ4v) is 5.05. The fourth-order valence-electron chi connectivity index (χ4n) is 4.13. The molecule has 2 fully saturated rings. The van der Waals surface area contributed by atoms with E-state index < -0.39 is 10.0 Å². The van der Waals surface area contributed by atoms with E-state index in [1.807, 2.05) is 0 Å². The molecule has 2 aliphatic heterocycles. The van der Waals surface area contributed by atoms with Crippen molar-refractivity contribution in [3.63, 3.8) is 0 Å². The molecule has 2 heterocycles. The summed E-state index contributed by atoms with van der Waals surface area (Å²) in [5, 5.41) is 0. The molecule has 1 aromatic rings. The topological polar surface area (TPSA) is 40.6 Å². The van der Waals surface area contributed by atoms with Gasteiger partial charge < -0.3 is 4.90 Å². The molecule has 0 aromatic heterocycles. The second-order valence-electron chi connectivity index (χ2n) is 7.44. The van der Waals surface area contributed by atoms with E-state index in [4.69, 9.17) is 0 Å². The molecule has 4 nitrogen and oxygen atoms in total. The molecule has 3 rings (SSSR count). The summed E-state index contributed by atoms with van der Waals surface area (Å²) in [5.41, 5.74) is 4.16. The zero-order valence-electron chi connectivity index (χ0n) is 14.5. The first-order valence-electron chi connectivity index (χ1n) is 8.57. The highest BCUT2D eigenvalue weighted by Crippen LogP contribution is 2.30. The molecule has 2 saturated heterocycles. The fraction of sp³-hybridized carbons (Fsp3) is 0.667. The second kappa shape index (κ2) is 6.54. The van der Waals surface area contributed by atoms with Crippen molar-refractivity contribution in [1.82, 2.24) is 9.21 Å². The van der Waals surface area contributed by atoms with E-state index in [9.17, 15) is 8.42 Å². The molecule has 0 amide bonds. The minimum atomic E-state index is -3.02. The van der Waals surface area contributed by atoms with Gasteiger partial charge in [0.2, 0.25) is 10.0 Å². The number of hydrogen-bond donors (Lipinski definition) is 0. The number of rotatable bonds is 4. The van der Waals surface area contributed by atoms with Crippen molar-refractivity contribution < 1.29 is 8.42 Å². The largest absolute Gasteiger partial charge is 0.302 e. The maximum absolute atomic E-state index is 11.6. The van der Waals surface area contributed by atoms with Crippen molar-refractivity contribution in [3.8, 4) is 0 Å². The van der Waals surface area contributed by atoms with Gasteiger partial charge in [0.1, 0.15) is 0 Å². The van der Waals surface area contributed by atoms with Gasteiger partial charge in [0.25, 0.3) is 0 Å². The maximum atomic E-state index is 11.6. The van der Waals surface area contributed by atoms with Crippen LogP contribution in [0, 0.1) is 19.8 Å². The van der Waals surface area contributed by atoms with Gasteiger partial charge in [-0.3, -0.25) is 0 Å². The molecule has 2 aliphatic rings. The Morgan fingerprint density at radius 3 is 2.35 bits per heavy atom. The van der Waals surface area contributed by atoms with Crippen LogP contribution in [0.2, 0.25) is 0 Å². The summed E-state index contributed by atoms with van der Waals surface area (Å²) in [5.74, 6) is 1.11. The van der Waals surface area contributed by atoms with Crippen LogP contribution < -0.4 is 0 Å². The third-order valence-electron chi connectivity index (χ3n) is 5.22. The minimum absolute atomic E-state index is 0.489. The molecule has 0 aliphatic carbocycles. The average Bonchev–Trinajstić information content (AvgIpc) is 3.06. The summed E-state index contributed by atoms with van der Waals surface area (Å²) in [7, 11) is -3.02. The average molecular weight is 337 g/mol. The number of hydrogen-bond acceptors (Lipinski definition) is 3. The molecule has 0 spiro atoms. The predicted octanol–water partition coefficient (Wildman–Crippen LogP) is 2.37. The van der Waals surface area contributed by atoms with Crippen LogP contribution in [-0.2, 0) is 10.0 Å². The van der Waals surface area contributed by atoms with Crippen molar-refractivity contribution in [2.75, 3.05) is 39.0 Å². The van der Waals surface area contributed by atoms with Gasteiger partial charge in [-0.15, -0.1) is 0 Å². The van der Waals surface area contributed by atoms with Crippen LogP contribution in [0.15, 0.2) is 18.2 Å². The Bertz CT molecular complexity index is 651. The Balaban J connectivity index is 1.56.